The van der Waals surface area contributed by atoms with Gasteiger partial charge in [-0.3, -0.25) is 4.79 Å². The van der Waals surface area contributed by atoms with Gasteiger partial charge in [0.1, 0.15) is 11.1 Å². The van der Waals surface area contributed by atoms with Crippen molar-refractivity contribution >= 4 is 17.2 Å². The maximum absolute atomic E-state index is 12.1. The molecule has 0 aliphatic heterocycles. The molecule has 0 spiro atoms. The predicted octanol–water partition coefficient (Wildman–Crippen LogP) is 1.35. The minimum absolute atomic E-state index is 0.00794. The first-order chi connectivity index (χ1) is 9.33. The third-order valence-corrected chi connectivity index (χ3v) is 3.44. The number of hydrogen-bond donors (Lipinski definition) is 3. The Morgan fingerprint density at radius 3 is 2.75 bits per heavy atom. The summed E-state index contributed by atoms with van der Waals surface area (Å²) in [5.41, 5.74) is 5.15. The summed E-state index contributed by atoms with van der Waals surface area (Å²) in [6.45, 7) is -0.291. The van der Waals surface area contributed by atoms with Gasteiger partial charge in [-0.15, -0.1) is 11.3 Å². The molecule has 0 saturated carbocycles. The lowest BCUT2D eigenvalue weighted by Gasteiger charge is -2.23. The molecular formula is C11H16F3N3O2S. The number of nitrogens with two attached hydrogens (primary N) is 1. The minimum atomic E-state index is -4.26. The zero-order chi connectivity index (χ0) is 15.2. The molecule has 0 saturated heterocycles. The number of aromatic nitrogens is 1. The minimum Gasteiger partial charge on any atom is -0.384 e. The summed E-state index contributed by atoms with van der Waals surface area (Å²) in [6, 6.07) is -0.834. The molecule has 0 aromatic carbocycles. The zero-order valence-corrected chi connectivity index (χ0v) is 11.4. The fourth-order valence-electron chi connectivity index (χ4n) is 1.65. The molecule has 1 heterocycles. The Morgan fingerprint density at radius 2 is 2.25 bits per heavy atom. The van der Waals surface area contributed by atoms with Gasteiger partial charge in [-0.2, -0.15) is 13.2 Å². The smallest absolute Gasteiger partial charge is 0.384 e. The first-order valence-electron chi connectivity index (χ1n) is 5.97. The summed E-state index contributed by atoms with van der Waals surface area (Å²) in [4.78, 5) is 15.2. The number of aliphatic hydroxyl groups excluding tert-OH is 1. The van der Waals surface area contributed by atoms with E-state index in [0.717, 1.165) is 0 Å². The molecule has 2 atom stereocenters. The zero-order valence-electron chi connectivity index (χ0n) is 10.6. The van der Waals surface area contributed by atoms with E-state index in [1.54, 1.807) is 5.38 Å². The lowest BCUT2D eigenvalue weighted by atomic mass is 10.0. The van der Waals surface area contributed by atoms with Gasteiger partial charge in [-0.1, -0.05) is 0 Å². The van der Waals surface area contributed by atoms with E-state index in [9.17, 15) is 23.1 Å². The van der Waals surface area contributed by atoms with Crippen molar-refractivity contribution in [3.8, 4) is 0 Å². The monoisotopic (exact) mass is 311 g/mol. The van der Waals surface area contributed by atoms with Crippen LogP contribution in [0, 0.1) is 0 Å². The fourth-order valence-corrected chi connectivity index (χ4v) is 2.34. The Kier molecular flexibility index (Phi) is 6.37. The van der Waals surface area contributed by atoms with Gasteiger partial charge in [-0.25, -0.2) is 4.98 Å². The quantitative estimate of drug-likeness (QED) is 0.709. The molecule has 0 fully saturated rings. The average Bonchev–Trinajstić information content (AvgIpc) is 2.88. The SMILES string of the molecule is NCC(=O)NC(CCCC(F)(F)F)C(O)c1nccs1. The van der Waals surface area contributed by atoms with Crippen LogP contribution in [0.15, 0.2) is 11.6 Å². The topological polar surface area (TPSA) is 88.2 Å². The predicted molar refractivity (Wildman–Crippen MR) is 68.0 cm³/mol. The van der Waals surface area contributed by atoms with E-state index in [1.807, 2.05) is 0 Å². The number of aliphatic hydroxyl groups is 1. The Morgan fingerprint density at radius 1 is 1.55 bits per heavy atom. The van der Waals surface area contributed by atoms with Gasteiger partial charge in [0.2, 0.25) is 5.91 Å². The van der Waals surface area contributed by atoms with E-state index in [4.69, 9.17) is 5.73 Å². The van der Waals surface area contributed by atoms with E-state index >= 15 is 0 Å². The number of alkyl halides is 3. The van der Waals surface area contributed by atoms with Crippen LogP contribution in [0.4, 0.5) is 13.2 Å². The van der Waals surface area contributed by atoms with Crippen molar-refractivity contribution in [3.05, 3.63) is 16.6 Å². The highest BCUT2D eigenvalue weighted by Crippen LogP contribution is 2.26. The second-order valence-corrected chi connectivity index (χ2v) is 5.13. The molecule has 0 radical (unpaired) electrons. The van der Waals surface area contributed by atoms with Gasteiger partial charge in [0.05, 0.1) is 12.6 Å². The van der Waals surface area contributed by atoms with Gasteiger partial charge in [0.15, 0.2) is 0 Å². The first-order valence-corrected chi connectivity index (χ1v) is 6.85. The lowest BCUT2D eigenvalue weighted by molar-refractivity contribution is -0.136. The number of nitrogens with zero attached hydrogens (tertiary/aromatic N) is 1. The van der Waals surface area contributed by atoms with Crippen molar-refractivity contribution < 1.29 is 23.1 Å². The van der Waals surface area contributed by atoms with Gasteiger partial charge in [-0.05, 0) is 12.8 Å². The number of thiazole rings is 1. The van der Waals surface area contributed by atoms with Crippen LogP contribution in [-0.2, 0) is 4.79 Å². The molecule has 1 rings (SSSR count). The Hall–Kier alpha value is -1.19. The van der Waals surface area contributed by atoms with Gasteiger partial charge in [0.25, 0.3) is 0 Å². The number of carbonyl (C=O) groups excluding carboxylic acids is 1. The molecular weight excluding hydrogens is 295 g/mol. The number of rotatable bonds is 7. The third kappa shape index (κ3) is 5.85. The van der Waals surface area contributed by atoms with Crippen molar-refractivity contribution in [1.82, 2.24) is 10.3 Å². The normalized spacial score (nSPS) is 14.8. The molecule has 0 aliphatic rings. The van der Waals surface area contributed by atoms with Crippen LogP contribution in [0.3, 0.4) is 0 Å². The Bertz CT molecular complexity index is 412. The summed E-state index contributed by atoms with van der Waals surface area (Å²) in [5, 5.41) is 14.5. The number of hydrogen-bond acceptors (Lipinski definition) is 5. The lowest BCUT2D eigenvalue weighted by Crippen LogP contribution is -2.42. The molecule has 4 N–H and O–H groups in total. The molecule has 20 heavy (non-hydrogen) atoms. The maximum atomic E-state index is 12.1. The summed E-state index contributed by atoms with van der Waals surface area (Å²) < 4.78 is 36.4. The van der Waals surface area contributed by atoms with E-state index in [-0.39, 0.29) is 19.4 Å². The third-order valence-electron chi connectivity index (χ3n) is 2.59. The highest BCUT2D eigenvalue weighted by atomic mass is 32.1. The Balaban J connectivity index is 2.62. The van der Waals surface area contributed by atoms with Crippen molar-refractivity contribution in [3.63, 3.8) is 0 Å². The molecule has 114 valence electrons. The molecule has 1 aromatic rings. The second-order valence-electron chi connectivity index (χ2n) is 4.20. The number of halogens is 3. The average molecular weight is 311 g/mol. The molecule has 1 aromatic heterocycles. The van der Waals surface area contributed by atoms with E-state index in [0.29, 0.717) is 5.01 Å². The van der Waals surface area contributed by atoms with Crippen LogP contribution in [0.1, 0.15) is 30.4 Å². The van der Waals surface area contributed by atoms with Crippen molar-refractivity contribution in [2.24, 2.45) is 5.73 Å². The highest BCUT2D eigenvalue weighted by molar-refractivity contribution is 7.09. The standard InChI is InChI=1S/C11H16F3N3O2S/c12-11(13,14)3-1-2-7(17-8(18)6-15)9(19)10-16-4-5-20-10/h4-5,7,9,19H,1-3,6,15H2,(H,17,18). The van der Waals surface area contributed by atoms with E-state index < -0.39 is 30.7 Å². The van der Waals surface area contributed by atoms with E-state index in [1.165, 1.54) is 17.5 Å². The van der Waals surface area contributed by atoms with Crippen LogP contribution in [0.25, 0.3) is 0 Å². The van der Waals surface area contributed by atoms with Gasteiger partial charge >= 0.3 is 6.18 Å². The van der Waals surface area contributed by atoms with Crippen LogP contribution < -0.4 is 11.1 Å². The summed E-state index contributed by atoms with van der Waals surface area (Å²) in [7, 11) is 0. The largest absolute Gasteiger partial charge is 0.389 e. The van der Waals surface area contributed by atoms with E-state index in [2.05, 4.69) is 10.3 Å². The number of carbonyl (C=O) groups is 1. The van der Waals surface area contributed by atoms with Crippen molar-refractivity contribution in [2.45, 2.75) is 37.6 Å². The number of amides is 1. The summed E-state index contributed by atoms with van der Waals surface area (Å²) in [5.74, 6) is -0.530. The van der Waals surface area contributed by atoms with Crippen LogP contribution >= 0.6 is 11.3 Å². The molecule has 1 amide bonds. The van der Waals surface area contributed by atoms with Gasteiger partial charge < -0.3 is 16.2 Å². The maximum Gasteiger partial charge on any atom is 0.389 e. The summed E-state index contributed by atoms with van der Waals surface area (Å²) in [6.07, 6.45) is -5.09. The number of nitrogens with one attached hydrogen (secondary N) is 1. The highest BCUT2D eigenvalue weighted by Gasteiger charge is 2.29. The molecule has 2 unspecified atom stereocenters. The molecule has 9 heteroatoms. The van der Waals surface area contributed by atoms with Gasteiger partial charge in [0, 0.05) is 18.0 Å². The first kappa shape index (κ1) is 16.9. The van der Waals surface area contributed by atoms with Crippen LogP contribution in [0.2, 0.25) is 0 Å². The summed E-state index contributed by atoms with van der Waals surface area (Å²) >= 11 is 1.17. The molecule has 0 aliphatic carbocycles. The second kappa shape index (κ2) is 7.55. The fraction of sp³-hybridized carbons (Fsp3) is 0.636. The van der Waals surface area contributed by atoms with Crippen molar-refractivity contribution in [2.75, 3.05) is 6.54 Å². The molecule has 0 bridgehead atoms. The molecule has 5 nitrogen and oxygen atoms in total. The van der Waals surface area contributed by atoms with Crippen LogP contribution in [-0.4, -0.2) is 34.8 Å². The Labute approximate surface area is 118 Å². The van der Waals surface area contributed by atoms with Crippen LogP contribution in [0.5, 0.6) is 0 Å². The van der Waals surface area contributed by atoms with Crippen molar-refractivity contribution in [1.29, 1.82) is 0 Å².